The number of ether oxygens (including phenoxy) is 5. The summed E-state index contributed by atoms with van der Waals surface area (Å²) < 4.78 is 27.4. The summed E-state index contributed by atoms with van der Waals surface area (Å²) in [5.41, 5.74) is -2.95. The number of carbonyl (C=O) groups excluding carboxylic acids is 4. The second kappa shape index (κ2) is 9.31. The van der Waals surface area contributed by atoms with E-state index < -0.39 is 70.8 Å². The molecule has 1 aliphatic carbocycles. The molecule has 2 aliphatic heterocycles. The number of allylic oxidation sites excluding steroid dienone is 1. The predicted octanol–water partition coefficient (Wildman–Crippen LogP) is 1.36. The molecule has 0 aromatic carbocycles. The van der Waals surface area contributed by atoms with Crippen LogP contribution < -0.4 is 0 Å². The van der Waals surface area contributed by atoms with Crippen LogP contribution >= 0.6 is 11.6 Å². The minimum atomic E-state index is -2.14. The van der Waals surface area contributed by atoms with Crippen LogP contribution in [0.5, 0.6) is 0 Å². The third kappa shape index (κ3) is 4.71. The fourth-order valence-corrected chi connectivity index (χ4v) is 4.37. The number of hydrogen-bond donors (Lipinski definition) is 1. The maximum absolute atomic E-state index is 13.0. The molecule has 2 saturated heterocycles. The smallest absolute Gasteiger partial charge is 0.339 e. The normalized spacial score (nSPS) is 36.9. The first-order valence-electron chi connectivity index (χ1n) is 10.8. The fourth-order valence-electron chi connectivity index (χ4n) is 4.28. The zero-order valence-corrected chi connectivity index (χ0v) is 20.4. The molecule has 0 saturated carbocycles. The van der Waals surface area contributed by atoms with Crippen molar-refractivity contribution in [2.45, 2.75) is 81.5 Å². The number of rotatable bonds is 5. The van der Waals surface area contributed by atoms with Crippen molar-refractivity contribution >= 4 is 35.5 Å². The Morgan fingerprint density at radius 1 is 1.35 bits per heavy atom. The highest BCUT2D eigenvalue weighted by Gasteiger charge is 2.65. The Morgan fingerprint density at radius 2 is 2.00 bits per heavy atom. The standard InChI is InChI=1S/C23H29ClO10/c1-10-14-16(33-21(28)23(5,29)11(2)24)15(31-12(3)25)13(20(27)30-6)8-7-9-22(4)18(34-22)17(14)32-19(10)26/h8,11,14-18,29H,1,7,9H2,2-6H3/b13-8+/t11-,14-,15+,16+,17+,18+,22-,23+/m1/s1. The van der Waals surface area contributed by atoms with Gasteiger partial charge in [-0.3, -0.25) is 4.79 Å². The number of hydrogen-bond acceptors (Lipinski definition) is 10. The highest BCUT2D eigenvalue weighted by atomic mass is 35.5. The fraction of sp³-hybridized carbons (Fsp3) is 0.652. The van der Waals surface area contributed by atoms with Gasteiger partial charge in [0.05, 0.1) is 29.6 Å². The molecule has 3 aliphatic rings. The number of esters is 4. The Labute approximate surface area is 202 Å². The molecule has 0 aromatic rings. The number of fused-ring (bicyclic) bond motifs is 3. The predicted molar refractivity (Wildman–Crippen MR) is 116 cm³/mol. The van der Waals surface area contributed by atoms with Crippen molar-refractivity contribution in [2.75, 3.05) is 7.11 Å². The van der Waals surface area contributed by atoms with E-state index in [1.807, 2.05) is 6.92 Å². The molecule has 2 heterocycles. The summed E-state index contributed by atoms with van der Waals surface area (Å²) >= 11 is 5.98. The van der Waals surface area contributed by atoms with Crippen LogP contribution in [0.25, 0.3) is 0 Å². The number of carbonyl (C=O) groups is 4. The number of alkyl halides is 1. The third-order valence-corrected chi connectivity index (χ3v) is 7.03. The Hall–Kier alpha value is -2.43. The Balaban J connectivity index is 2.18. The van der Waals surface area contributed by atoms with Crippen molar-refractivity contribution in [3.63, 3.8) is 0 Å². The van der Waals surface area contributed by atoms with Gasteiger partial charge in [-0.15, -0.1) is 11.6 Å². The van der Waals surface area contributed by atoms with Crippen molar-refractivity contribution in [1.29, 1.82) is 0 Å². The molecule has 8 atom stereocenters. The van der Waals surface area contributed by atoms with Crippen molar-refractivity contribution < 1.29 is 48.0 Å². The molecule has 0 radical (unpaired) electrons. The van der Waals surface area contributed by atoms with Crippen LogP contribution in [0.4, 0.5) is 0 Å². The van der Waals surface area contributed by atoms with E-state index in [-0.39, 0.29) is 11.1 Å². The molecular formula is C23H29ClO10. The van der Waals surface area contributed by atoms with Gasteiger partial charge in [0.2, 0.25) is 0 Å². The van der Waals surface area contributed by atoms with Gasteiger partial charge < -0.3 is 28.8 Å². The van der Waals surface area contributed by atoms with Crippen LogP contribution in [-0.4, -0.2) is 77.1 Å². The van der Waals surface area contributed by atoms with Gasteiger partial charge in [-0.1, -0.05) is 12.7 Å². The van der Waals surface area contributed by atoms with E-state index in [1.165, 1.54) is 13.0 Å². The summed E-state index contributed by atoms with van der Waals surface area (Å²) in [5, 5.41) is 9.54. The monoisotopic (exact) mass is 500 g/mol. The van der Waals surface area contributed by atoms with Crippen LogP contribution in [0.1, 0.15) is 40.5 Å². The van der Waals surface area contributed by atoms with Crippen LogP contribution in [0.15, 0.2) is 23.8 Å². The maximum Gasteiger partial charge on any atom is 0.339 e. The Morgan fingerprint density at radius 3 is 2.56 bits per heavy atom. The zero-order chi connectivity index (χ0) is 25.6. The van der Waals surface area contributed by atoms with Crippen LogP contribution in [0.3, 0.4) is 0 Å². The second-order valence-corrected chi connectivity index (χ2v) is 9.78. The minimum absolute atomic E-state index is 0.0545. The van der Waals surface area contributed by atoms with Crippen LogP contribution in [0.2, 0.25) is 0 Å². The van der Waals surface area contributed by atoms with E-state index in [0.717, 1.165) is 21.0 Å². The van der Waals surface area contributed by atoms with Gasteiger partial charge in [-0.2, -0.15) is 0 Å². The molecule has 0 amide bonds. The first-order chi connectivity index (χ1) is 15.7. The minimum Gasteiger partial charge on any atom is -0.466 e. The van der Waals surface area contributed by atoms with Crippen LogP contribution in [0, 0.1) is 5.92 Å². The molecule has 0 spiro atoms. The molecule has 0 bridgehead atoms. The van der Waals surface area contributed by atoms with Gasteiger partial charge in [0.25, 0.3) is 0 Å². The van der Waals surface area contributed by atoms with Crippen molar-refractivity contribution in [3.05, 3.63) is 23.8 Å². The van der Waals surface area contributed by atoms with E-state index in [0.29, 0.717) is 12.8 Å². The lowest BCUT2D eigenvalue weighted by molar-refractivity contribution is -0.184. The summed E-state index contributed by atoms with van der Waals surface area (Å²) in [7, 11) is 1.15. The van der Waals surface area contributed by atoms with E-state index in [2.05, 4.69) is 6.58 Å². The lowest BCUT2D eigenvalue weighted by Gasteiger charge is -2.35. The van der Waals surface area contributed by atoms with Gasteiger partial charge >= 0.3 is 23.9 Å². The number of halogens is 1. The Kier molecular flexibility index (Phi) is 7.17. The van der Waals surface area contributed by atoms with Gasteiger partial charge in [0.1, 0.15) is 12.2 Å². The van der Waals surface area contributed by atoms with E-state index in [4.69, 9.17) is 35.3 Å². The summed E-state index contributed by atoms with van der Waals surface area (Å²) in [4.78, 5) is 50.3. The molecule has 3 rings (SSSR count). The molecule has 34 heavy (non-hydrogen) atoms. The zero-order valence-electron chi connectivity index (χ0n) is 19.7. The van der Waals surface area contributed by atoms with E-state index in [9.17, 15) is 24.3 Å². The molecule has 11 heteroatoms. The molecule has 188 valence electrons. The highest BCUT2D eigenvalue weighted by molar-refractivity contribution is 6.22. The maximum atomic E-state index is 13.0. The van der Waals surface area contributed by atoms with Crippen molar-refractivity contribution in [1.82, 2.24) is 0 Å². The number of epoxide rings is 1. The molecule has 0 aromatic heterocycles. The summed E-state index contributed by atoms with van der Waals surface area (Å²) in [6, 6.07) is 0. The second-order valence-electron chi connectivity index (χ2n) is 9.13. The lowest BCUT2D eigenvalue weighted by atomic mass is 9.80. The first kappa shape index (κ1) is 26.2. The summed E-state index contributed by atoms with van der Waals surface area (Å²) in [6.45, 7) is 9.30. The Bertz CT molecular complexity index is 938. The SMILES string of the molecule is C=C1C(=O)O[C@H]2[C@H]1[C@H](OC(=O)[C@@](C)(O)[C@@H](C)Cl)[C@@H](OC(C)=O)/C(C(=O)OC)=C\CC[C@@]1(C)O[C@@H]21. The van der Waals surface area contributed by atoms with Crippen LogP contribution in [-0.2, 0) is 42.9 Å². The summed E-state index contributed by atoms with van der Waals surface area (Å²) in [6.07, 6.45) is -2.12. The van der Waals surface area contributed by atoms with E-state index in [1.54, 1.807) is 0 Å². The quantitative estimate of drug-likeness (QED) is 0.193. The average Bonchev–Trinajstić information content (AvgIpc) is 3.34. The molecular weight excluding hydrogens is 472 g/mol. The highest BCUT2D eigenvalue weighted by Crippen LogP contribution is 2.50. The van der Waals surface area contributed by atoms with Gasteiger partial charge in [-0.05, 0) is 33.6 Å². The molecule has 2 fully saturated rings. The largest absolute Gasteiger partial charge is 0.466 e. The van der Waals surface area contributed by atoms with Crippen molar-refractivity contribution in [2.24, 2.45) is 5.92 Å². The average molecular weight is 501 g/mol. The van der Waals surface area contributed by atoms with Crippen molar-refractivity contribution in [3.8, 4) is 0 Å². The molecule has 1 N–H and O–H groups in total. The number of methoxy groups -OCH3 is 1. The van der Waals surface area contributed by atoms with Gasteiger partial charge in [0.15, 0.2) is 17.8 Å². The molecule has 0 unspecified atom stereocenters. The van der Waals surface area contributed by atoms with E-state index >= 15 is 0 Å². The molecule has 10 nitrogen and oxygen atoms in total. The van der Waals surface area contributed by atoms with Gasteiger partial charge in [0, 0.05) is 12.5 Å². The lowest BCUT2D eigenvalue weighted by Crippen LogP contribution is -2.52. The third-order valence-electron chi connectivity index (χ3n) is 6.61. The topological polar surface area (TPSA) is 138 Å². The summed E-state index contributed by atoms with van der Waals surface area (Å²) in [5.74, 6) is -4.55. The first-order valence-corrected chi connectivity index (χ1v) is 11.3. The van der Waals surface area contributed by atoms with Gasteiger partial charge in [-0.25, -0.2) is 14.4 Å². The number of aliphatic hydroxyl groups is 1.